The second-order valence-electron chi connectivity index (χ2n) is 10.6. The summed E-state index contributed by atoms with van der Waals surface area (Å²) in [4.78, 5) is 38.7. The molecule has 216 valence electrons. The van der Waals surface area contributed by atoms with Gasteiger partial charge in [-0.05, 0) is 60.1 Å². The monoisotopic (exact) mass is 578 g/mol. The van der Waals surface area contributed by atoms with Gasteiger partial charge in [0.05, 0.1) is 12.4 Å². The standard InChI is InChI=1S/C25H39ClN2O9S/c1-24(2,3)35-21(29)19(27-16-18(13-14-26)37-38(7,32)33)15-20(22(30)36-25(4,5)6)28-23(31)34-17-11-9-8-10-12-17/h8-12,18-20,27H,13-16H2,1-7H3,(H,28,31)/t18?,19?,20-/m0/s1. The van der Waals surface area contributed by atoms with Gasteiger partial charge in [-0.25, -0.2) is 9.59 Å². The number of carbonyl (C=O) groups is 3. The van der Waals surface area contributed by atoms with Crippen molar-refractivity contribution in [2.24, 2.45) is 0 Å². The number of para-hydroxylation sites is 1. The lowest BCUT2D eigenvalue weighted by atomic mass is 10.1. The molecule has 0 saturated heterocycles. The van der Waals surface area contributed by atoms with Gasteiger partial charge < -0.3 is 24.8 Å². The minimum atomic E-state index is -3.81. The lowest BCUT2D eigenvalue weighted by Crippen LogP contribution is -2.52. The summed E-state index contributed by atoms with van der Waals surface area (Å²) in [5.41, 5.74) is -1.75. The molecule has 1 amide bonds. The fourth-order valence-corrected chi connectivity index (χ4v) is 3.95. The highest BCUT2D eigenvalue weighted by Gasteiger charge is 2.35. The Hall–Kier alpha value is -2.41. The summed E-state index contributed by atoms with van der Waals surface area (Å²) < 4.78 is 44.5. The third-order valence-corrected chi connectivity index (χ3v) is 5.27. The van der Waals surface area contributed by atoms with Crippen LogP contribution in [0.15, 0.2) is 30.3 Å². The number of ether oxygens (including phenoxy) is 3. The molecule has 11 nitrogen and oxygen atoms in total. The highest BCUT2D eigenvalue weighted by atomic mass is 35.5. The summed E-state index contributed by atoms with van der Waals surface area (Å²) in [6.45, 7) is 9.89. The normalized spacial score (nSPS) is 14.6. The third kappa shape index (κ3) is 15.1. The Labute approximate surface area is 230 Å². The second kappa shape index (κ2) is 14.7. The summed E-state index contributed by atoms with van der Waals surface area (Å²) in [5.74, 6) is -1.18. The van der Waals surface area contributed by atoms with E-state index in [9.17, 15) is 22.8 Å². The summed E-state index contributed by atoms with van der Waals surface area (Å²) >= 11 is 5.78. The van der Waals surface area contributed by atoms with Crippen LogP contribution in [-0.2, 0) is 33.4 Å². The first-order valence-corrected chi connectivity index (χ1v) is 14.4. The van der Waals surface area contributed by atoms with Crippen molar-refractivity contribution >= 4 is 39.8 Å². The molecule has 0 spiro atoms. The van der Waals surface area contributed by atoms with Gasteiger partial charge in [0.15, 0.2) is 0 Å². The zero-order valence-corrected chi connectivity index (χ0v) is 24.5. The molecule has 0 aliphatic carbocycles. The van der Waals surface area contributed by atoms with Crippen LogP contribution in [0.5, 0.6) is 5.75 Å². The van der Waals surface area contributed by atoms with Gasteiger partial charge in [-0.1, -0.05) is 18.2 Å². The molecule has 1 aromatic carbocycles. The fraction of sp³-hybridized carbons (Fsp3) is 0.640. The van der Waals surface area contributed by atoms with Crippen molar-refractivity contribution in [2.75, 3.05) is 18.7 Å². The van der Waals surface area contributed by atoms with Crippen LogP contribution in [-0.4, -0.2) is 74.5 Å². The number of benzene rings is 1. The number of rotatable bonds is 13. The van der Waals surface area contributed by atoms with Gasteiger partial charge in [-0.15, -0.1) is 11.6 Å². The molecule has 0 heterocycles. The molecule has 0 saturated carbocycles. The molecule has 38 heavy (non-hydrogen) atoms. The van der Waals surface area contributed by atoms with E-state index in [0.29, 0.717) is 0 Å². The van der Waals surface area contributed by atoms with E-state index in [1.54, 1.807) is 71.9 Å². The first kappa shape index (κ1) is 33.6. The van der Waals surface area contributed by atoms with Crippen LogP contribution in [0.25, 0.3) is 0 Å². The molecule has 1 aromatic rings. The molecular formula is C25H39ClN2O9S. The van der Waals surface area contributed by atoms with E-state index in [-0.39, 0.29) is 31.0 Å². The van der Waals surface area contributed by atoms with Gasteiger partial charge in [0, 0.05) is 18.8 Å². The van der Waals surface area contributed by atoms with Gasteiger partial charge in [0.25, 0.3) is 10.1 Å². The van der Waals surface area contributed by atoms with E-state index in [2.05, 4.69) is 10.6 Å². The lowest BCUT2D eigenvalue weighted by Gasteiger charge is -2.29. The minimum Gasteiger partial charge on any atom is -0.459 e. The molecule has 0 bridgehead atoms. The summed E-state index contributed by atoms with van der Waals surface area (Å²) in [7, 11) is -3.81. The predicted molar refractivity (Wildman–Crippen MR) is 143 cm³/mol. The topological polar surface area (TPSA) is 146 Å². The Morgan fingerprint density at radius 2 is 1.45 bits per heavy atom. The number of hydrogen-bond acceptors (Lipinski definition) is 10. The Balaban J connectivity index is 3.19. The minimum absolute atomic E-state index is 0.104. The maximum Gasteiger partial charge on any atom is 0.413 e. The van der Waals surface area contributed by atoms with Crippen LogP contribution in [0.2, 0.25) is 0 Å². The number of hydrogen-bond donors (Lipinski definition) is 2. The van der Waals surface area contributed by atoms with Crippen LogP contribution in [0, 0.1) is 0 Å². The van der Waals surface area contributed by atoms with Crippen molar-refractivity contribution < 1.29 is 41.2 Å². The second-order valence-corrected chi connectivity index (χ2v) is 12.5. The maximum atomic E-state index is 13.1. The van der Waals surface area contributed by atoms with Crippen molar-refractivity contribution in [2.45, 2.75) is 83.8 Å². The summed E-state index contributed by atoms with van der Waals surface area (Å²) in [6.07, 6.45) is -1.04. The molecule has 0 fully saturated rings. The predicted octanol–water partition coefficient (Wildman–Crippen LogP) is 3.15. The van der Waals surface area contributed by atoms with Gasteiger partial charge in [-0.3, -0.25) is 8.98 Å². The van der Waals surface area contributed by atoms with Crippen LogP contribution < -0.4 is 15.4 Å². The number of nitrogens with one attached hydrogen (secondary N) is 2. The Bertz CT molecular complexity index is 1020. The van der Waals surface area contributed by atoms with E-state index in [4.69, 9.17) is 30.0 Å². The number of halogens is 1. The maximum absolute atomic E-state index is 13.1. The number of alkyl halides is 1. The molecule has 3 atom stereocenters. The lowest BCUT2D eigenvalue weighted by molar-refractivity contribution is -0.160. The Morgan fingerprint density at radius 3 is 1.92 bits per heavy atom. The quantitative estimate of drug-likeness (QED) is 0.203. The molecule has 0 radical (unpaired) electrons. The smallest absolute Gasteiger partial charge is 0.413 e. The highest BCUT2D eigenvalue weighted by molar-refractivity contribution is 7.86. The molecule has 2 N–H and O–H groups in total. The van der Waals surface area contributed by atoms with Crippen molar-refractivity contribution in [1.29, 1.82) is 0 Å². The Kier molecular flexibility index (Phi) is 13.0. The summed E-state index contributed by atoms with van der Waals surface area (Å²) in [6, 6.07) is 5.73. The molecule has 2 unspecified atom stereocenters. The van der Waals surface area contributed by atoms with Crippen LogP contribution in [0.4, 0.5) is 4.79 Å². The van der Waals surface area contributed by atoms with Gasteiger partial charge >= 0.3 is 18.0 Å². The van der Waals surface area contributed by atoms with E-state index in [0.717, 1.165) is 6.26 Å². The van der Waals surface area contributed by atoms with Gasteiger partial charge in [-0.2, -0.15) is 8.42 Å². The molecule has 0 aliphatic rings. The van der Waals surface area contributed by atoms with Crippen LogP contribution >= 0.6 is 11.6 Å². The first-order valence-electron chi connectivity index (χ1n) is 12.1. The molecule has 13 heteroatoms. The van der Waals surface area contributed by atoms with E-state index >= 15 is 0 Å². The Morgan fingerprint density at radius 1 is 0.921 bits per heavy atom. The van der Waals surface area contributed by atoms with Crippen molar-refractivity contribution in [1.82, 2.24) is 10.6 Å². The van der Waals surface area contributed by atoms with Gasteiger partial charge in [0.1, 0.15) is 29.0 Å². The number of carbonyl (C=O) groups excluding carboxylic acids is 3. The number of amides is 1. The van der Waals surface area contributed by atoms with E-state index in [1.807, 2.05) is 0 Å². The first-order chi connectivity index (χ1) is 17.4. The van der Waals surface area contributed by atoms with Crippen LogP contribution in [0.3, 0.4) is 0 Å². The van der Waals surface area contributed by atoms with Crippen LogP contribution in [0.1, 0.15) is 54.4 Å². The van der Waals surface area contributed by atoms with Gasteiger partial charge in [0.2, 0.25) is 0 Å². The third-order valence-electron chi connectivity index (χ3n) is 4.43. The molecule has 0 aromatic heterocycles. The molecule has 1 rings (SSSR count). The SMILES string of the molecule is CC(C)(C)OC(=O)C(C[C@H](NC(=O)Oc1ccccc1)C(=O)OC(C)(C)C)NCC(CCCl)OS(C)(=O)=O. The van der Waals surface area contributed by atoms with Crippen molar-refractivity contribution in [3.8, 4) is 5.75 Å². The zero-order chi connectivity index (χ0) is 29.1. The fourth-order valence-electron chi connectivity index (χ4n) is 3.05. The van der Waals surface area contributed by atoms with Crippen molar-refractivity contribution in [3.63, 3.8) is 0 Å². The zero-order valence-electron chi connectivity index (χ0n) is 22.9. The molecule has 0 aliphatic heterocycles. The van der Waals surface area contributed by atoms with E-state index < -0.39 is 57.5 Å². The largest absolute Gasteiger partial charge is 0.459 e. The number of esters is 2. The summed E-state index contributed by atoms with van der Waals surface area (Å²) in [5, 5.41) is 5.35. The highest BCUT2D eigenvalue weighted by Crippen LogP contribution is 2.16. The average Bonchev–Trinajstić information content (AvgIpc) is 2.73. The average molecular weight is 579 g/mol. The van der Waals surface area contributed by atoms with E-state index in [1.165, 1.54) is 0 Å². The van der Waals surface area contributed by atoms with Crippen molar-refractivity contribution in [3.05, 3.63) is 30.3 Å². The molecular weight excluding hydrogens is 540 g/mol.